The summed E-state index contributed by atoms with van der Waals surface area (Å²) in [6.07, 6.45) is -7.80. The van der Waals surface area contributed by atoms with Crippen molar-refractivity contribution >= 4 is 11.5 Å². The van der Waals surface area contributed by atoms with Crippen LogP contribution in [-0.4, -0.2) is 26.4 Å². The number of benzene rings is 1. The van der Waals surface area contributed by atoms with Crippen molar-refractivity contribution in [2.45, 2.75) is 30.6 Å². The largest absolute Gasteiger partial charge is 0.453 e. The van der Waals surface area contributed by atoms with Crippen molar-refractivity contribution in [1.29, 1.82) is 0 Å². The highest BCUT2D eigenvalue weighted by Crippen LogP contribution is 2.49. The number of alkyl halides is 6. The van der Waals surface area contributed by atoms with E-state index in [1.807, 2.05) is 0 Å². The van der Waals surface area contributed by atoms with E-state index in [0.717, 1.165) is 12.1 Å². The Balaban J connectivity index is 1.56. The molecule has 11 heteroatoms. The number of rotatable bonds is 4. The molecule has 4 rings (SSSR count). The fraction of sp³-hybridized carbons (Fsp3) is 0.353. The molecule has 1 fully saturated rings. The molecule has 1 aliphatic rings. The molecule has 148 valence electrons. The molecule has 5 nitrogen and oxygen atoms in total. The lowest BCUT2D eigenvalue weighted by Gasteiger charge is -2.18. The molecular weight excluding hydrogens is 388 g/mol. The molecule has 28 heavy (non-hydrogen) atoms. The second kappa shape index (κ2) is 6.08. The lowest BCUT2D eigenvalue weighted by molar-refractivity contribution is -0.146. The Morgan fingerprint density at radius 1 is 0.964 bits per heavy atom. The molecule has 0 bridgehead atoms. The van der Waals surface area contributed by atoms with Crippen LogP contribution in [0.3, 0.4) is 0 Å². The maximum atomic E-state index is 12.9. The van der Waals surface area contributed by atoms with Gasteiger partial charge in [0.25, 0.3) is 5.82 Å². The van der Waals surface area contributed by atoms with Gasteiger partial charge in [-0.1, -0.05) is 18.2 Å². The van der Waals surface area contributed by atoms with Gasteiger partial charge in [0.1, 0.15) is 5.82 Å². The molecule has 0 radical (unpaired) electrons. The van der Waals surface area contributed by atoms with E-state index in [4.69, 9.17) is 0 Å². The van der Waals surface area contributed by atoms with Crippen molar-refractivity contribution in [3.05, 3.63) is 53.3 Å². The summed E-state index contributed by atoms with van der Waals surface area (Å²) in [5.41, 5.74) is -0.749. The third-order valence-electron chi connectivity index (χ3n) is 4.78. The summed E-state index contributed by atoms with van der Waals surface area (Å²) < 4.78 is 78.3. The van der Waals surface area contributed by atoms with Gasteiger partial charge < -0.3 is 5.32 Å². The maximum Gasteiger partial charge on any atom is 0.453 e. The predicted molar refractivity (Wildman–Crippen MR) is 86.6 cm³/mol. The fourth-order valence-electron chi connectivity index (χ4n) is 3.06. The molecule has 1 N–H and O–H groups in total. The molecule has 2 aromatic heterocycles. The number of hydrogen-bond donors (Lipinski definition) is 1. The van der Waals surface area contributed by atoms with Gasteiger partial charge in [0.05, 0.1) is 5.56 Å². The van der Waals surface area contributed by atoms with E-state index in [9.17, 15) is 26.3 Å². The smallest absolute Gasteiger partial charge is 0.368 e. The van der Waals surface area contributed by atoms with Crippen LogP contribution in [0.2, 0.25) is 0 Å². The van der Waals surface area contributed by atoms with Gasteiger partial charge in [0.15, 0.2) is 5.65 Å². The van der Waals surface area contributed by atoms with E-state index in [1.54, 1.807) is 6.07 Å². The Morgan fingerprint density at radius 2 is 1.71 bits per heavy atom. The average Bonchev–Trinajstić information content (AvgIpc) is 3.29. The highest BCUT2D eigenvalue weighted by Gasteiger charge is 2.45. The number of nitrogens with zero attached hydrogens (tertiary/aromatic N) is 4. The lowest BCUT2D eigenvalue weighted by Crippen LogP contribution is -2.21. The summed E-state index contributed by atoms with van der Waals surface area (Å²) in [7, 11) is 0. The average molecular weight is 401 g/mol. The fourth-order valence-corrected chi connectivity index (χ4v) is 3.06. The molecule has 1 aromatic carbocycles. The Morgan fingerprint density at radius 3 is 2.36 bits per heavy atom. The van der Waals surface area contributed by atoms with Gasteiger partial charge in [-0.25, -0.2) is 0 Å². The molecule has 3 aromatic rings. The highest BCUT2D eigenvalue weighted by molar-refractivity contribution is 5.46. The van der Waals surface area contributed by atoms with Gasteiger partial charge in [0, 0.05) is 12.0 Å². The SMILES string of the molecule is FC(F)(F)c1cccc(C2(CNc3ccc4nnc(C(F)(F)F)n4n3)CC2)c1. The second-order valence-corrected chi connectivity index (χ2v) is 6.72. The first-order valence-corrected chi connectivity index (χ1v) is 8.30. The number of aromatic nitrogens is 4. The highest BCUT2D eigenvalue weighted by atomic mass is 19.4. The van der Waals surface area contributed by atoms with E-state index in [1.165, 1.54) is 18.2 Å². The second-order valence-electron chi connectivity index (χ2n) is 6.72. The van der Waals surface area contributed by atoms with Crippen LogP contribution >= 0.6 is 0 Å². The first-order valence-electron chi connectivity index (χ1n) is 8.30. The Hall–Kier alpha value is -2.85. The zero-order valence-electron chi connectivity index (χ0n) is 14.1. The van der Waals surface area contributed by atoms with Crippen molar-refractivity contribution in [2.75, 3.05) is 11.9 Å². The Bertz CT molecular complexity index is 1020. The van der Waals surface area contributed by atoms with Crippen LogP contribution in [0.25, 0.3) is 5.65 Å². The molecule has 0 saturated heterocycles. The summed E-state index contributed by atoms with van der Waals surface area (Å²) in [5, 5.41) is 13.3. The van der Waals surface area contributed by atoms with Crippen LogP contribution in [0.15, 0.2) is 36.4 Å². The minimum absolute atomic E-state index is 0.0584. The first-order chi connectivity index (χ1) is 13.1. The van der Waals surface area contributed by atoms with E-state index < -0.39 is 29.2 Å². The Kier molecular flexibility index (Phi) is 4.02. The van der Waals surface area contributed by atoms with Crippen LogP contribution in [0, 0.1) is 0 Å². The van der Waals surface area contributed by atoms with Crippen LogP contribution < -0.4 is 5.32 Å². The van der Waals surface area contributed by atoms with Crippen LogP contribution in [0.1, 0.15) is 29.8 Å². The van der Waals surface area contributed by atoms with Crippen molar-refractivity contribution < 1.29 is 26.3 Å². The van der Waals surface area contributed by atoms with Gasteiger partial charge in [-0.15, -0.1) is 15.3 Å². The van der Waals surface area contributed by atoms with Gasteiger partial charge in [-0.2, -0.15) is 30.9 Å². The molecule has 1 aliphatic carbocycles. The van der Waals surface area contributed by atoms with Crippen molar-refractivity contribution in [2.24, 2.45) is 0 Å². The molecule has 0 amide bonds. The summed E-state index contributed by atoms with van der Waals surface area (Å²) in [5.74, 6) is -1.10. The number of fused-ring (bicyclic) bond motifs is 1. The first kappa shape index (κ1) is 18.5. The van der Waals surface area contributed by atoms with Crippen molar-refractivity contribution in [3.63, 3.8) is 0 Å². The zero-order chi connectivity index (χ0) is 20.2. The number of anilines is 1. The van der Waals surface area contributed by atoms with Gasteiger partial charge in [0.2, 0.25) is 0 Å². The molecular formula is C17H13F6N5. The number of hydrogen-bond acceptors (Lipinski definition) is 4. The van der Waals surface area contributed by atoms with E-state index >= 15 is 0 Å². The quantitative estimate of drug-likeness (QED) is 0.663. The molecule has 0 aliphatic heterocycles. The van der Waals surface area contributed by atoms with Crippen LogP contribution in [-0.2, 0) is 17.8 Å². The monoisotopic (exact) mass is 401 g/mol. The molecule has 1 saturated carbocycles. The topological polar surface area (TPSA) is 55.1 Å². The molecule has 0 unspecified atom stereocenters. The summed E-state index contributed by atoms with van der Waals surface area (Å²) >= 11 is 0. The Labute approximate surface area is 154 Å². The van der Waals surface area contributed by atoms with Crippen LogP contribution in [0.4, 0.5) is 32.2 Å². The summed E-state index contributed by atoms with van der Waals surface area (Å²) in [6.45, 7) is 0.246. The molecule has 0 spiro atoms. The third kappa shape index (κ3) is 3.36. The van der Waals surface area contributed by atoms with Gasteiger partial charge in [-0.3, -0.25) is 0 Å². The van der Waals surface area contributed by atoms with Gasteiger partial charge >= 0.3 is 12.4 Å². The normalized spacial score (nSPS) is 16.4. The van der Waals surface area contributed by atoms with Crippen molar-refractivity contribution in [1.82, 2.24) is 19.8 Å². The summed E-state index contributed by atoms with van der Waals surface area (Å²) in [4.78, 5) is 0. The van der Waals surface area contributed by atoms with E-state index in [2.05, 4.69) is 20.6 Å². The van der Waals surface area contributed by atoms with Gasteiger partial charge in [-0.05, 0) is 36.6 Å². The molecule has 2 heterocycles. The van der Waals surface area contributed by atoms with E-state index in [0.29, 0.717) is 22.9 Å². The minimum atomic E-state index is -4.71. The number of nitrogens with one attached hydrogen (secondary N) is 1. The molecule has 0 atom stereocenters. The predicted octanol–water partition coefficient (Wildman–Crippen LogP) is 4.31. The standard InChI is InChI=1S/C17H13F6N5/c18-16(19,20)11-3-1-2-10(8-11)15(6-7-15)9-24-12-4-5-13-25-26-14(17(21,22)23)28(13)27-12/h1-5,8H,6-7,9H2,(H,24,27). The van der Waals surface area contributed by atoms with Crippen molar-refractivity contribution in [3.8, 4) is 0 Å². The summed E-state index contributed by atoms with van der Waals surface area (Å²) in [6, 6.07) is 7.89. The van der Waals surface area contributed by atoms with Crippen LogP contribution in [0.5, 0.6) is 0 Å². The minimum Gasteiger partial charge on any atom is -0.368 e. The third-order valence-corrected chi connectivity index (χ3v) is 4.78. The number of halogens is 6. The maximum absolute atomic E-state index is 12.9. The lowest BCUT2D eigenvalue weighted by atomic mass is 9.94. The zero-order valence-corrected chi connectivity index (χ0v) is 14.1. The van der Waals surface area contributed by atoms with E-state index in [-0.39, 0.29) is 18.0 Å².